The Morgan fingerprint density at radius 1 is 1.35 bits per heavy atom. The molecule has 5 heteroatoms. The quantitative estimate of drug-likeness (QED) is 0.916. The predicted molar refractivity (Wildman–Crippen MR) is 70.1 cm³/mol. The Kier molecular flexibility index (Phi) is 3.19. The van der Waals surface area contributed by atoms with Gasteiger partial charge in [0.05, 0.1) is 10.2 Å². The summed E-state index contributed by atoms with van der Waals surface area (Å²) in [7, 11) is 1.91. The molecule has 2 aromatic rings. The Morgan fingerprint density at radius 3 is 2.65 bits per heavy atom. The molecule has 2 rings (SSSR count). The summed E-state index contributed by atoms with van der Waals surface area (Å²) in [6.45, 7) is 3.78. The van der Waals surface area contributed by atoms with Crippen LogP contribution in [0.15, 0.2) is 22.8 Å². The van der Waals surface area contributed by atoms with Crippen LogP contribution in [0.4, 0.5) is 16.0 Å². The highest BCUT2D eigenvalue weighted by molar-refractivity contribution is 9.10. The van der Waals surface area contributed by atoms with Crippen molar-refractivity contribution < 1.29 is 4.39 Å². The van der Waals surface area contributed by atoms with E-state index in [1.54, 1.807) is 6.07 Å². The monoisotopic (exact) mass is 297 g/mol. The number of aromatic nitrogens is 2. The van der Waals surface area contributed by atoms with Crippen LogP contribution < -0.4 is 5.32 Å². The molecule has 0 aliphatic rings. The maximum Gasteiger partial charge on any atom is 0.207 e. The lowest BCUT2D eigenvalue weighted by atomic mass is 10.2. The molecule has 0 aliphatic heterocycles. The average molecular weight is 298 g/mol. The molecule has 1 aromatic heterocycles. The second-order valence-electron chi connectivity index (χ2n) is 4.02. The van der Waals surface area contributed by atoms with Gasteiger partial charge in [0.15, 0.2) is 0 Å². The second-order valence-corrected chi connectivity index (χ2v) is 4.88. The average Bonchev–Trinajstić information content (AvgIpc) is 2.54. The summed E-state index contributed by atoms with van der Waals surface area (Å²) in [6, 6.07) is 3.21. The number of hydrogen-bond donors (Lipinski definition) is 1. The van der Waals surface area contributed by atoms with E-state index in [9.17, 15) is 4.39 Å². The number of nitrogens with zero attached hydrogens (tertiary/aromatic N) is 2. The summed E-state index contributed by atoms with van der Waals surface area (Å²) >= 11 is 3.18. The lowest BCUT2D eigenvalue weighted by molar-refractivity contribution is 0.620. The highest BCUT2D eigenvalue weighted by atomic mass is 79.9. The van der Waals surface area contributed by atoms with Crippen LogP contribution in [0, 0.1) is 19.7 Å². The number of rotatable bonds is 2. The smallest absolute Gasteiger partial charge is 0.207 e. The van der Waals surface area contributed by atoms with Crippen molar-refractivity contribution in [3.05, 3.63) is 39.9 Å². The third-order valence-electron chi connectivity index (χ3n) is 2.51. The van der Waals surface area contributed by atoms with Gasteiger partial charge >= 0.3 is 0 Å². The van der Waals surface area contributed by atoms with Gasteiger partial charge in [0.25, 0.3) is 0 Å². The van der Waals surface area contributed by atoms with E-state index in [1.807, 2.05) is 31.7 Å². The number of imidazole rings is 1. The molecule has 0 aliphatic carbocycles. The van der Waals surface area contributed by atoms with E-state index in [2.05, 4.69) is 26.2 Å². The zero-order valence-corrected chi connectivity index (χ0v) is 11.5. The molecule has 17 heavy (non-hydrogen) atoms. The summed E-state index contributed by atoms with van der Waals surface area (Å²) in [5.74, 6) is 0.480. The molecule has 3 nitrogen and oxygen atoms in total. The number of aryl methyl sites for hydroxylation is 3. The zero-order valence-electron chi connectivity index (χ0n) is 9.88. The molecule has 1 heterocycles. The summed E-state index contributed by atoms with van der Waals surface area (Å²) in [4.78, 5) is 4.34. The lowest BCUT2D eigenvalue weighted by Gasteiger charge is -2.10. The van der Waals surface area contributed by atoms with Crippen molar-refractivity contribution in [2.24, 2.45) is 7.05 Å². The normalized spacial score (nSPS) is 10.6. The molecular formula is C12H13BrFN3. The molecule has 0 spiro atoms. The van der Waals surface area contributed by atoms with E-state index in [-0.39, 0.29) is 5.82 Å². The van der Waals surface area contributed by atoms with Crippen molar-refractivity contribution in [3.63, 3.8) is 0 Å². The third kappa shape index (κ3) is 2.49. The van der Waals surface area contributed by atoms with Gasteiger partial charge in [0, 0.05) is 18.9 Å². The van der Waals surface area contributed by atoms with Crippen molar-refractivity contribution in [1.29, 1.82) is 0 Å². The largest absolute Gasteiger partial charge is 0.325 e. The van der Waals surface area contributed by atoms with Crippen LogP contribution in [0.2, 0.25) is 0 Å². The Bertz CT molecular complexity index is 563. The molecule has 0 unspecified atom stereocenters. The first-order valence-electron chi connectivity index (χ1n) is 5.20. The van der Waals surface area contributed by atoms with E-state index < -0.39 is 0 Å². The molecule has 0 atom stereocenters. The van der Waals surface area contributed by atoms with E-state index in [1.165, 1.54) is 6.07 Å². The molecule has 0 fully saturated rings. The third-order valence-corrected chi connectivity index (χ3v) is 3.12. The Balaban J connectivity index is 2.36. The van der Waals surface area contributed by atoms with Crippen molar-refractivity contribution in [3.8, 4) is 0 Å². The van der Waals surface area contributed by atoms with Gasteiger partial charge in [-0.3, -0.25) is 0 Å². The van der Waals surface area contributed by atoms with E-state index in [4.69, 9.17) is 0 Å². The number of anilines is 2. The first kappa shape index (κ1) is 12.1. The molecule has 0 amide bonds. The fourth-order valence-corrected chi connectivity index (χ4v) is 1.98. The van der Waals surface area contributed by atoms with Crippen LogP contribution in [0.25, 0.3) is 0 Å². The topological polar surface area (TPSA) is 29.9 Å². The van der Waals surface area contributed by atoms with Crippen LogP contribution in [0.3, 0.4) is 0 Å². The van der Waals surface area contributed by atoms with Gasteiger partial charge in [0.1, 0.15) is 5.82 Å². The van der Waals surface area contributed by atoms with Gasteiger partial charge < -0.3 is 9.88 Å². The minimum absolute atomic E-state index is 0.260. The van der Waals surface area contributed by atoms with Gasteiger partial charge in [-0.25, -0.2) is 9.37 Å². The first-order chi connectivity index (χ1) is 7.97. The summed E-state index contributed by atoms with van der Waals surface area (Å²) in [6.07, 6.45) is 1.93. The van der Waals surface area contributed by atoms with E-state index in [0.29, 0.717) is 4.47 Å². The zero-order chi connectivity index (χ0) is 12.6. The van der Waals surface area contributed by atoms with Gasteiger partial charge in [0.2, 0.25) is 5.95 Å². The Labute approximate surface area is 108 Å². The standard InChI is InChI=1S/C12H13BrFN3/c1-7-4-10(14)9(13)5-11(7)16-12-15-8(2)6-17(12)3/h4-6H,1-3H3,(H,15,16). The molecule has 90 valence electrons. The minimum Gasteiger partial charge on any atom is -0.325 e. The Hall–Kier alpha value is -1.36. The van der Waals surface area contributed by atoms with Gasteiger partial charge in [-0.1, -0.05) is 0 Å². The molecule has 0 radical (unpaired) electrons. The summed E-state index contributed by atoms with van der Waals surface area (Å²) < 4.78 is 15.6. The molecule has 1 N–H and O–H groups in total. The van der Waals surface area contributed by atoms with Crippen LogP contribution in [-0.2, 0) is 7.05 Å². The van der Waals surface area contributed by atoms with Crippen molar-refractivity contribution in [2.45, 2.75) is 13.8 Å². The van der Waals surface area contributed by atoms with Gasteiger partial charge in [-0.15, -0.1) is 0 Å². The first-order valence-corrected chi connectivity index (χ1v) is 5.99. The maximum absolute atomic E-state index is 13.3. The predicted octanol–water partition coefficient (Wildman–Crippen LogP) is 3.68. The van der Waals surface area contributed by atoms with Gasteiger partial charge in [-0.2, -0.15) is 0 Å². The van der Waals surface area contributed by atoms with E-state index in [0.717, 1.165) is 22.9 Å². The van der Waals surface area contributed by atoms with Crippen molar-refractivity contribution in [2.75, 3.05) is 5.32 Å². The fraction of sp³-hybridized carbons (Fsp3) is 0.250. The highest BCUT2D eigenvalue weighted by Gasteiger charge is 2.08. The molecule has 0 saturated heterocycles. The highest BCUT2D eigenvalue weighted by Crippen LogP contribution is 2.26. The minimum atomic E-state index is -0.260. The molecule has 0 bridgehead atoms. The van der Waals surface area contributed by atoms with E-state index >= 15 is 0 Å². The van der Waals surface area contributed by atoms with Crippen LogP contribution in [-0.4, -0.2) is 9.55 Å². The van der Waals surface area contributed by atoms with Crippen LogP contribution in [0.1, 0.15) is 11.3 Å². The second kappa shape index (κ2) is 4.49. The van der Waals surface area contributed by atoms with Gasteiger partial charge in [-0.05, 0) is 47.5 Å². The maximum atomic E-state index is 13.3. The number of hydrogen-bond acceptors (Lipinski definition) is 2. The lowest BCUT2D eigenvalue weighted by Crippen LogP contribution is -2.00. The summed E-state index contributed by atoms with van der Waals surface area (Å²) in [5.41, 5.74) is 2.62. The van der Waals surface area contributed by atoms with Crippen molar-refractivity contribution >= 4 is 27.6 Å². The molecule has 0 saturated carbocycles. The number of benzene rings is 1. The SMILES string of the molecule is Cc1cn(C)c(Nc2cc(Br)c(F)cc2C)n1. The van der Waals surface area contributed by atoms with Crippen molar-refractivity contribution in [1.82, 2.24) is 9.55 Å². The summed E-state index contributed by atoms with van der Waals surface area (Å²) in [5, 5.41) is 3.18. The van der Waals surface area contributed by atoms with Crippen LogP contribution >= 0.6 is 15.9 Å². The number of halogens is 2. The fourth-order valence-electron chi connectivity index (χ4n) is 1.63. The molecular weight excluding hydrogens is 285 g/mol. The van der Waals surface area contributed by atoms with Crippen LogP contribution in [0.5, 0.6) is 0 Å². The Morgan fingerprint density at radius 2 is 2.06 bits per heavy atom. The number of nitrogens with one attached hydrogen (secondary N) is 1. The molecule has 1 aromatic carbocycles.